The number of nitrogens with one attached hydrogen (secondary N) is 1. The third kappa shape index (κ3) is 2.80. The molecule has 1 N–H and O–H groups in total. The Kier molecular flexibility index (Phi) is 3.82. The van der Waals surface area contributed by atoms with Gasteiger partial charge in [0.1, 0.15) is 6.17 Å². The van der Waals surface area contributed by atoms with E-state index in [1.807, 2.05) is 30.3 Å². The van der Waals surface area contributed by atoms with Crippen molar-refractivity contribution in [3.8, 4) is 0 Å². The fourth-order valence-corrected chi connectivity index (χ4v) is 2.06. The summed E-state index contributed by atoms with van der Waals surface area (Å²) in [5.41, 5.74) is 1.05. The van der Waals surface area contributed by atoms with E-state index < -0.39 is 6.09 Å². The molecule has 5 nitrogen and oxygen atoms in total. The van der Waals surface area contributed by atoms with E-state index in [9.17, 15) is 9.59 Å². The van der Waals surface area contributed by atoms with E-state index in [1.54, 1.807) is 4.90 Å². The van der Waals surface area contributed by atoms with Gasteiger partial charge in [0.2, 0.25) is 5.91 Å². The zero-order valence-electron chi connectivity index (χ0n) is 10.3. The highest BCUT2D eigenvalue weighted by molar-refractivity contribution is 5.79. The summed E-state index contributed by atoms with van der Waals surface area (Å²) in [6.07, 6.45) is 0.306. The van der Waals surface area contributed by atoms with Gasteiger partial charge >= 0.3 is 6.09 Å². The first kappa shape index (κ1) is 12.4. The van der Waals surface area contributed by atoms with Crippen LogP contribution in [0, 0.1) is 0 Å². The number of benzene rings is 1. The molecule has 0 aliphatic carbocycles. The van der Waals surface area contributed by atoms with E-state index >= 15 is 0 Å². The van der Waals surface area contributed by atoms with Crippen molar-refractivity contribution in [1.82, 2.24) is 10.2 Å². The third-order valence-electron chi connectivity index (χ3n) is 2.99. The van der Waals surface area contributed by atoms with Crippen LogP contribution in [0.15, 0.2) is 30.3 Å². The quantitative estimate of drug-likeness (QED) is 0.881. The number of alkyl carbamates (subject to hydrolysis) is 1. The summed E-state index contributed by atoms with van der Waals surface area (Å²) in [6, 6.07) is 9.71. The molecule has 2 rings (SSSR count). The van der Waals surface area contributed by atoms with Crippen LogP contribution in [0.4, 0.5) is 4.79 Å². The van der Waals surface area contributed by atoms with Crippen LogP contribution in [0.1, 0.15) is 18.4 Å². The summed E-state index contributed by atoms with van der Waals surface area (Å²) < 4.78 is 4.56. The Morgan fingerprint density at radius 3 is 2.83 bits per heavy atom. The first-order valence-electron chi connectivity index (χ1n) is 5.88. The van der Waals surface area contributed by atoms with Crippen LogP contribution < -0.4 is 5.32 Å². The lowest BCUT2D eigenvalue weighted by Crippen LogP contribution is -2.45. The molecule has 0 saturated carbocycles. The van der Waals surface area contributed by atoms with Gasteiger partial charge in [0.15, 0.2) is 0 Å². The Morgan fingerprint density at radius 1 is 1.44 bits per heavy atom. The topological polar surface area (TPSA) is 58.6 Å². The number of methoxy groups -OCH3 is 1. The van der Waals surface area contributed by atoms with Crippen molar-refractivity contribution >= 4 is 12.0 Å². The van der Waals surface area contributed by atoms with Crippen LogP contribution in [0.25, 0.3) is 0 Å². The SMILES string of the molecule is COC(=O)N[C@H]1CCC(=O)N1Cc1ccccc1. The molecule has 1 aromatic carbocycles. The number of carbonyl (C=O) groups is 2. The van der Waals surface area contributed by atoms with Crippen molar-refractivity contribution < 1.29 is 14.3 Å². The van der Waals surface area contributed by atoms with Crippen LogP contribution in [-0.4, -0.2) is 30.2 Å². The second-order valence-corrected chi connectivity index (χ2v) is 4.20. The van der Waals surface area contributed by atoms with Crippen LogP contribution in [-0.2, 0) is 16.1 Å². The fraction of sp³-hybridized carbons (Fsp3) is 0.385. The van der Waals surface area contributed by atoms with Crippen molar-refractivity contribution in [1.29, 1.82) is 0 Å². The molecule has 0 spiro atoms. The summed E-state index contributed by atoms with van der Waals surface area (Å²) >= 11 is 0. The van der Waals surface area contributed by atoms with Crippen LogP contribution in [0.3, 0.4) is 0 Å². The first-order valence-corrected chi connectivity index (χ1v) is 5.88. The van der Waals surface area contributed by atoms with Gasteiger partial charge in [0.05, 0.1) is 7.11 Å². The van der Waals surface area contributed by atoms with Crippen molar-refractivity contribution in [2.75, 3.05) is 7.11 Å². The first-order chi connectivity index (χ1) is 8.70. The highest BCUT2D eigenvalue weighted by Gasteiger charge is 2.32. The van der Waals surface area contributed by atoms with E-state index in [-0.39, 0.29) is 12.1 Å². The molecule has 5 heteroatoms. The second kappa shape index (κ2) is 5.53. The Morgan fingerprint density at radius 2 is 2.17 bits per heavy atom. The van der Waals surface area contributed by atoms with Gasteiger partial charge in [0, 0.05) is 13.0 Å². The van der Waals surface area contributed by atoms with E-state index in [0.717, 1.165) is 5.56 Å². The van der Waals surface area contributed by atoms with Gasteiger partial charge in [-0.3, -0.25) is 4.79 Å². The maximum Gasteiger partial charge on any atom is 0.408 e. The lowest BCUT2D eigenvalue weighted by Gasteiger charge is -2.25. The Hall–Kier alpha value is -2.04. The number of nitrogens with zero attached hydrogens (tertiary/aromatic N) is 1. The average molecular weight is 248 g/mol. The van der Waals surface area contributed by atoms with Gasteiger partial charge in [0.25, 0.3) is 0 Å². The third-order valence-corrected chi connectivity index (χ3v) is 2.99. The number of likely N-dealkylation sites (tertiary alicyclic amines) is 1. The predicted octanol–water partition coefficient (Wildman–Crippen LogP) is 1.49. The summed E-state index contributed by atoms with van der Waals surface area (Å²) in [4.78, 5) is 24.7. The molecular weight excluding hydrogens is 232 g/mol. The summed E-state index contributed by atoms with van der Waals surface area (Å²) in [5.74, 6) is 0.0558. The lowest BCUT2D eigenvalue weighted by molar-refractivity contribution is -0.129. The highest BCUT2D eigenvalue weighted by atomic mass is 16.5. The molecule has 0 aromatic heterocycles. The normalized spacial score (nSPS) is 18.8. The maximum absolute atomic E-state index is 11.8. The molecule has 96 valence electrons. The van der Waals surface area contributed by atoms with Crippen molar-refractivity contribution in [3.63, 3.8) is 0 Å². The number of rotatable bonds is 3. The number of ether oxygens (including phenoxy) is 1. The Balaban J connectivity index is 2.04. The van der Waals surface area contributed by atoms with Crippen molar-refractivity contribution in [2.45, 2.75) is 25.6 Å². The summed E-state index contributed by atoms with van der Waals surface area (Å²) in [6.45, 7) is 0.508. The summed E-state index contributed by atoms with van der Waals surface area (Å²) in [7, 11) is 1.31. The van der Waals surface area contributed by atoms with E-state index in [0.29, 0.717) is 19.4 Å². The monoisotopic (exact) mass is 248 g/mol. The minimum Gasteiger partial charge on any atom is -0.453 e. The summed E-state index contributed by atoms with van der Waals surface area (Å²) in [5, 5.41) is 2.67. The molecule has 2 amide bonds. The molecule has 0 radical (unpaired) electrons. The van der Waals surface area contributed by atoms with E-state index in [1.165, 1.54) is 7.11 Å². The zero-order valence-corrected chi connectivity index (χ0v) is 10.3. The van der Waals surface area contributed by atoms with Gasteiger partial charge in [-0.25, -0.2) is 4.79 Å². The van der Waals surface area contributed by atoms with Gasteiger partial charge in [-0.1, -0.05) is 30.3 Å². The smallest absolute Gasteiger partial charge is 0.408 e. The maximum atomic E-state index is 11.8. The van der Waals surface area contributed by atoms with Crippen molar-refractivity contribution in [2.24, 2.45) is 0 Å². The van der Waals surface area contributed by atoms with E-state index in [2.05, 4.69) is 10.1 Å². The van der Waals surface area contributed by atoms with Crippen LogP contribution >= 0.6 is 0 Å². The molecular formula is C13H16N2O3. The highest BCUT2D eigenvalue weighted by Crippen LogP contribution is 2.19. The number of carbonyl (C=O) groups excluding carboxylic acids is 2. The second-order valence-electron chi connectivity index (χ2n) is 4.20. The predicted molar refractivity (Wildman–Crippen MR) is 65.6 cm³/mol. The number of amides is 2. The van der Waals surface area contributed by atoms with Crippen LogP contribution in [0.2, 0.25) is 0 Å². The zero-order chi connectivity index (χ0) is 13.0. The van der Waals surface area contributed by atoms with Crippen molar-refractivity contribution in [3.05, 3.63) is 35.9 Å². The Bertz CT molecular complexity index is 433. The molecule has 1 fully saturated rings. The minimum atomic E-state index is -0.507. The number of hydrogen-bond donors (Lipinski definition) is 1. The van der Waals surface area contributed by atoms with Crippen LogP contribution in [0.5, 0.6) is 0 Å². The molecule has 1 heterocycles. The standard InChI is InChI=1S/C13H16N2O3/c1-18-13(17)14-11-7-8-12(16)15(11)9-10-5-3-2-4-6-10/h2-6,11H,7-9H2,1H3,(H,14,17)/t11-/m1/s1. The molecule has 18 heavy (non-hydrogen) atoms. The molecule has 1 aliphatic rings. The fourth-order valence-electron chi connectivity index (χ4n) is 2.06. The number of hydrogen-bond acceptors (Lipinski definition) is 3. The molecule has 1 atom stereocenters. The average Bonchev–Trinajstić information content (AvgIpc) is 2.72. The van der Waals surface area contributed by atoms with Gasteiger partial charge in [-0.2, -0.15) is 0 Å². The minimum absolute atomic E-state index is 0.0558. The van der Waals surface area contributed by atoms with Gasteiger partial charge in [-0.15, -0.1) is 0 Å². The van der Waals surface area contributed by atoms with Gasteiger partial charge in [-0.05, 0) is 12.0 Å². The molecule has 1 saturated heterocycles. The molecule has 1 aromatic rings. The molecule has 1 aliphatic heterocycles. The lowest BCUT2D eigenvalue weighted by atomic mass is 10.2. The molecule has 0 bridgehead atoms. The van der Waals surface area contributed by atoms with Gasteiger partial charge < -0.3 is 15.0 Å². The largest absolute Gasteiger partial charge is 0.453 e. The van der Waals surface area contributed by atoms with E-state index in [4.69, 9.17) is 0 Å². The molecule has 0 unspecified atom stereocenters. The Labute approximate surface area is 106 Å².